The number of hydrogen-bond donors (Lipinski definition) is 0. The molecule has 18 heavy (non-hydrogen) atoms. The van der Waals surface area contributed by atoms with Gasteiger partial charge >= 0.3 is 5.76 Å². The molecule has 0 saturated carbocycles. The Balaban J connectivity index is 2.15. The lowest BCUT2D eigenvalue weighted by atomic mass is 10.3. The normalized spacial score (nSPS) is 12.3. The van der Waals surface area contributed by atoms with Crippen LogP contribution in [0.3, 0.4) is 0 Å². The third kappa shape index (κ3) is 2.66. The van der Waals surface area contributed by atoms with E-state index in [2.05, 4.69) is 13.9 Å². The summed E-state index contributed by atoms with van der Waals surface area (Å²) in [6.45, 7) is -0.0507. The molecule has 0 aliphatic heterocycles. The van der Waals surface area contributed by atoms with E-state index in [-0.39, 0.29) is 12.4 Å². The van der Waals surface area contributed by atoms with Gasteiger partial charge in [0, 0.05) is 0 Å². The van der Waals surface area contributed by atoms with Crippen LogP contribution in [0.2, 0.25) is 0 Å². The van der Waals surface area contributed by atoms with Gasteiger partial charge < -0.3 is 4.74 Å². The average Bonchev–Trinajstić information content (AvgIpc) is 2.78. The van der Waals surface area contributed by atoms with Gasteiger partial charge in [-0.05, 0) is 12.1 Å². The fourth-order valence-electron chi connectivity index (χ4n) is 1.24. The van der Waals surface area contributed by atoms with Crippen LogP contribution in [0.4, 0.5) is 0 Å². The molecule has 0 fully saturated rings. The fourth-order valence-corrected chi connectivity index (χ4v) is 1.80. The number of nitrogens with zero attached hydrogens (tertiary/aromatic N) is 2. The molecule has 0 N–H and O–H groups in total. The first-order chi connectivity index (χ1) is 8.72. The standard InChI is InChI=1S/C10H10N2O5S/c1-15-18(14)12-9(11-17-10(12)13)7-16-8-5-3-2-4-6-8/h2-6H,7H2,1H3. The van der Waals surface area contributed by atoms with E-state index in [1.54, 1.807) is 24.3 Å². The first-order valence-electron chi connectivity index (χ1n) is 4.94. The highest BCUT2D eigenvalue weighted by Crippen LogP contribution is 2.10. The molecular formula is C10H10N2O5S. The van der Waals surface area contributed by atoms with E-state index in [0.717, 1.165) is 3.97 Å². The van der Waals surface area contributed by atoms with Gasteiger partial charge in [0.1, 0.15) is 5.75 Å². The van der Waals surface area contributed by atoms with Crippen LogP contribution in [0, 0.1) is 0 Å². The molecule has 96 valence electrons. The molecule has 2 aromatic rings. The zero-order valence-corrected chi connectivity index (χ0v) is 10.3. The highest BCUT2D eigenvalue weighted by atomic mass is 32.2. The molecular weight excluding hydrogens is 260 g/mol. The minimum atomic E-state index is -1.97. The number of benzene rings is 1. The van der Waals surface area contributed by atoms with Crippen LogP contribution in [-0.2, 0) is 22.1 Å². The van der Waals surface area contributed by atoms with E-state index in [1.807, 2.05) is 6.07 Å². The smallest absolute Gasteiger partial charge is 0.455 e. The van der Waals surface area contributed by atoms with Crippen LogP contribution in [0.25, 0.3) is 0 Å². The molecule has 1 unspecified atom stereocenters. The van der Waals surface area contributed by atoms with E-state index in [9.17, 15) is 9.00 Å². The van der Waals surface area contributed by atoms with E-state index < -0.39 is 17.0 Å². The summed E-state index contributed by atoms with van der Waals surface area (Å²) in [7, 11) is 1.21. The Morgan fingerprint density at radius 1 is 1.39 bits per heavy atom. The van der Waals surface area contributed by atoms with Crippen molar-refractivity contribution in [1.82, 2.24) is 9.13 Å². The molecule has 0 amide bonds. The lowest BCUT2D eigenvalue weighted by Gasteiger charge is -2.04. The number of ether oxygens (including phenoxy) is 1. The summed E-state index contributed by atoms with van der Waals surface area (Å²) in [5.41, 5.74) is 0. The Morgan fingerprint density at radius 3 is 2.78 bits per heavy atom. The third-order valence-corrected chi connectivity index (χ3v) is 2.98. The van der Waals surface area contributed by atoms with Gasteiger partial charge in [0.2, 0.25) is 5.82 Å². The molecule has 1 aromatic heterocycles. The molecule has 8 heteroatoms. The maximum Gasteiger partial charge on any atom is 0.455 e. The minimum Gasteiger partial charge on any atom is -0.486 e. The highest BCUT2D eigenvalue weighted by molar-refractivity contribution is 7.78. The minimum absolute atomic E-state index is 0.0507. The van der Waals surface area contributed by atoms with Gasteiger partial charge in [-0.15, -0.1) is 3.97 Å². The van der Waals surface area contributed by atoms with Crippen LogP contribution in [0.1, 0.15) is 5.82 Å². The third-order valence-electron chi connectivity index (χ3n) is 2.03. The van der Waals surface area contributed by atoms with Crippen molar-refractivity contribution < 1.29 is 17.7 Å². The van der Waals surface area contributed by atoms with Crippen molar-refractivity contribution >= 4 is 11.3 Å². The SMILES string of the molecule is COS(=O)n1c(COc2ccccc2)noc1=O. The van der Waals surface area contributed by atoms with Crippen molar-refractivity contribution in [2.75, 3.05) is 7.11 Å². The Bertz CT molecular complexity index is 592. The monoisotopic (exact) mass is 270 g/mol. The van der Waals surface area contributed by atoms with Crippen LogP contribution in [0.5, 0.6) is 5.75 Å². The van der Waals surface area contributed by atoms with Crippen LogP contribution >= 0.6 is 0 Å². The van der Waals surface area contributed by atoms with Crippen molar-refractivity contribution in [3.63, 3.8) is 0 Å². The summed E-state index contributed by atoms with van der Waals surface area (Å²) in [6.07, 6.45) is 0. The maximum atomic E-state index is 11.4. The number of aromatic nitrogens is 2. The zero-order chi connectivity index (χ0) is 13.0. The number of rotatable bonds is 5. The first kappa shape index (κ1) is 12.5. The molecule has 0 saturated heterocycles. The first-order valence-corrected chi connectivity index (χ1v) is 5.97. The van der Waals surface area contributed by atoms with Gasteiger partial charge in [0.25, 0.3) is 11.3 Å². The van der Waals surface area contributed by atoms with Crippen molar-refractivity contribution in [3.8, 4) is 5.75 Å². The zero-order valence-electron chi connectivity index (χ0n) is 9.44. The number of hydrogen-bond acceptors (Lipinski definition) is 6. The number of para-hydroxylation sites is 1. The van der Waals surface area contributed by atoms with Crippen LogP contribution in [0.15, 0.2) is 39.6 Å². The van der Waals surface area contributed by atoms with Crippen molar-refractivity contribution in [2.24, 2.45) is 0 Å². The second kappa shape index (κ2) is 5.61. The van der Waals surface area contributed by atoms with Gasteiger partial charge in [-0.25, -0.2) is 9.00 Å². The van der Waals surface area contributed by atoms with E-state index >= 15 is 0 Å². The second-order valence-corrected chi connectivity index (χ2v) is 4.28. The molecule has 1 atom stereocenters. The van der Waals surface area contributed by atoms with Gasteiger partial charge in [-0.3, -0.25) is 8.71 Å². The fraction of sp³-hybridized carbons (Fsp3) is 0.200. The van der Waals surface area contributed by atoms with E-state index in [4.69, 9.17) is 4.74 Å². The van der Waals surface area contributed by atoms with Crippen molar-refractivity contribution in [2.45, 2.75) is 6.61 Å². The molecule has 2 rings (SSSR count). The Kier molecular flexibility index (Phi) is 3.90. The van der Waals surface area contributed by atoms with Gasteiger partial charge in [0.15, 0.2) is 6.61 Å². The molecule has 0 aliphatic carbocycles. The molecule has 1 aromatic carbocycles. The van der Waals surface area contributed by atoms with E-state index in [0.29, 0.717) is 5.75 Å². The lowest BCUT2D eigenvalue weighted by Crippen LogP contribution is -2.22. The largest absolute Gasteiger partial charge is 0.486 e. The van der Waals surface area contributed by atoms with Crippen molar-refractivity contribution in [1.29, 1.82) is 0 Å². The summed E-state index contributed by atoms with van der Waals surface area (Å²) >= 11 is -1.97. The van der Waals surface area contributed by atoms with Gasteiger partial charge in [-0.1, -0.05) is 23.4 Å². The summed E-state index contributed by atoms with van der Waals surface area (Å²) < 4.78 is 26.5. The maximum absolute atomic E-state index is 11.4. The predicted molar refractivity (Wildman–Crippen MR) is 62.1 cm³/mol. The van der Waals surface area contributed by atoms with Gasteiger partial charge in [-0.2, -0.15) is 0 Å². The lowest BCUT2D eigenvalue weighted by molar-refractivity contribution is 0.284. The molecule has 0 bridgehead atoms. The summed E-state index contributed by atoms with van der Waals surface area (Å²) in [6, 6.07) is 8.95. The Hall–Kier alpha value is -1.93. The molecule has 0 radical (unpaired) electrons. The van der Waals surface area contributed by atoms with Crippen LogP contribution < -0.4 is 10.5 Å². The summed E-state index contributed by atoms with van der Waals surface area (Å²) in [5.74, 6) is -0.173. The van der Waals surface area contributed by atoms with Gasteiger partial charge in [0.05, 0.1) is 7.11 Å². The molecule has 0 spiro atoms. The van der Waals surface area contributed by atoms with E-state index in [1.165, 1.54) is 7.11 Å². The molecule has 1 heterocycles. The topological polar surface area (TPSA) is 83.6 Å². The Morgan fingerprint density at radius 2 is 2.11 bits per heavy atom. The van der Waals surface area contributed by atoms with Crippen LogP contribution in [-0.4, -0.2) is 20.4 Å². The molecule has 0 aliphatic rings. The summed E-state index contributed by atoms with van der Waals surface area (Å²) in [5, 5.41) is 3.48. The molecule has 7 nitrogen and oxygen atoms in total. The summed E-state index contributed by atoms with van der Waals surface area (Å²) in [4.78, 5) is 11.3. The second-order valence-electron chi connectivity index (χ2n) is 3.14. The highest BCUT2D eigenvalue weighted by Gasteiger charge is 2.17. The Labute approximate surface area is 105 Å². The quantitative estimate of drug-likeness (QED) is 0.786. The average molecular weight is 270 g/mol. The van der Waals surface area contributed by atoms with Crippen molar-refractivity contribution in [3.05, 3.63) is 46.7 Å². The predicted octanol–water partition coefficient (Wildman–Crippen LogP) is 0.489.